The maximum Gasteiger partial charge on any atom is 0.247 e. The van der Waals surface area contributed by atoms with E-state index in [1.807, 2.05) is 60.7 Å². The van der Waals surface area contributed by atoms with E-state index in [1.54, 1.807) is 6.20 Å². The number of allylic oxidation sites excluding steroid dienone is 1. The number of carbonyl (C=O) groups excluding carboxylic acids is 2. The van der Waals surface area contributed by atoms with E-state index in [4.69, 9.17) is 17.2 Å². The first-order chi connectivity index (χ1) is 18.0. The van der Waals surface area contributed by atoms with E-state index in [1.165, 1.54) is 5.57 Å². The fraction of sp³-hybridized carbons (Fsp3) is 0.345. The maximum absolute atomic E-state index is 13.2. The molecular formula is C29H38N6O2. The minimum atomic E-state index is -0.745. The number of anilines is 1. The standard InChI is InChI=1S/C29H38N6O2/c30-17-15-22(16-18-31)9-6-11-25(32)28(36)35-27(14-13-21-7-2-1-3-8-21)29(37)34-24-19-23-10-4-5-12-26(23)33-20-24/h1-5,7-10,12,19-20,25,27H,6,11,13-18,30-32H2,(H,34,37)(H,35,36)/t25-,27+/m0/s1. The van der Waals surface area contributed by atoms with Crippen molar-refractivity contribution >= 4 is 28.4 Å². The zero-order chi connectivity index (χ0) is 26.5. The molecule has 0 aliphatic rings. The third-order valence-corrected chi connectivity index (χ3v) is 6.23. The molecule has 3 aromatic rings. The number of pyridine rings is 1. The molecule has 3 rings (SSSR count). The number of aryl methyl sites for hydroxylation is 1. The SMILES string of the molecule is NCCC(=CCC[C@H](N)C(=O)N[C@H](CCc1ccccc1)C(=O)Nc1cnc2ccccc2c1)CCN. The Balaban J connectivity index is 1.65. The van der Waals surface area contributed by atoms with E-state index < -0.39 is 12.1 Å². The minimum absolute atomic E-state index is 0.304. The van der Waals surface area contributed by atoms with Crippen LogP contribution >= 0.6 is 0 Å². The van der Waals surface area contributed by atoms with E-state index in [-0.39, 0.29) is 11.8 Å². The van der Waals surface area contributed by atoms with Crippen LogP contribution in [-0.4, -0.2) is 42.0 Å². The van der Waals surface area contributed by atoms with Crippen LogP contribution in [0.2, 0.25) is 0 Å². The molecule has 2 amide bonds. The molecule has 196 valence electrons. The van der Waals surface area contributed by atoms with Gasteiger partial charge in [-0.3, -0.25) is 14.6 Å². The van der Waals surface area contributed by atoms with Gasteiger partial charge in [0, 0.05) is 5.39 Å². The molecule has 0 saturated heterocycles. The average Bonchev–Trinajstić information content (AvgIpc) is 2.91. The lowest BCUT2D eigenvalue weighted by Crippen LogP contribution is -2.50. The Labute approximate surface area is 218 Å². The van der Waals surface area contributed by atoms with Gasteiger partial charge in [-0.2, -0.15) is 0 Å². The Morgan fingerprint density at radius 1 is 0.919 bits per heavy atom. The fourth-order valence-corrected chi connectivity index (χ4v) is 4.17. The summed E-state index contributed by atoms with van der Waals surface area (Å²) in [7, 11) is 0. The highest BCUT2D eigenvalue weighted by Crippen LogP contribution is 2.17. The Bertz CT molecular complexity index is 1170. The molecule has 2 aromatic carbocycles. The summed E-state index contributed by atoms with van der Waals surface area (Å²) in [4.78, 5) is 30.6. The van der Waals surface area contributed by atoms with Crippen LogP contribution in [0.3, 0.4) is 0 Å². The van der Waals surface area contributed by atoms with Crippen molar-refractivity contribution in [1.82, 2.24) is 10.3 Å². The molecule has 0 saturated carbocycles. The number of aromatic nitrogens is 1. The summed E-state index contributed by atoms with van der Waals surface area (Å²) in [6, 6.07) is 17.9. The van der Waals surface area contributed by atoms with E-state index >= 15 is 0 Å². The second-order valence-electron chi connectivity index (χ2n) is 9.11. The first kappa shape index (κ1) is 28.0. The van der Waals surface area contributed by atoms with Crippen molar-refractivity contribution in [3.63, 3.8) is 0 Å². The van der Waals surface area contributed by atoms with Crippen molar-refractivity contribution in [3.8, 4) is 0 Å². The van der Waals surface area contributed by atoms with Crippen LogP contribution in [0.4, 0.5) is 5.69 Å². The number of hydrogen-bond donors (Lipinski definition) is 5. The number of rotatable bonds is 14. The number of nitrogens with zero attached hydrogens (tertiary/aromatic N) is 1. The molecule has 0 bridgehead atoms. The second kappa shape index (κ2) is 14.8. The zero-order valence-corrected chi connectivity index (χ0v) is 21.2. The van der Waals surface area contributed by atoms with E-state index in [0.29, 0.717) is 44.5 Å². The Kier molecular flexibility index (Phi) is 11.2. The van der Waals surface area contributed by atoms with Crippen LogP contribution in [0, 0.1) is 0 Å². The summed E-state index contributed by atoms with van der Waals surface area (Å²) >= 11 is 0. The molecule has 0 unspecified atom stereocenters. The smallest absolute Gasteiger partial charge is 0.247 e. The van der Waals surface area contributed by atoms with Gasteiger partial charge < -0.3 is 27.8 Å². The van der Waals surface area contributed by atoms with Crippen molar-refractivity contribution in [3.05, 3.63) is 84.1 Å². The molecule has 2 atom stereocenters. The predicted octanol–water partition coefficient (Wildman–Crippen LogP) is 3.02. The quantitative estimate of drug-likeness (QED) is 0.214. The van der Waals surface area contributed by atoms with Gasteiger partial charge in [0.1, 0.15) is 6.04 Å². The van der Waals surface area contributed by atoms with Crippen molar-refractivity contribution in [2.24, 2.45) is 17.2 Å². The second-order valence-corrected chi connectivity index (χ2v) is 9.11. The third-order valence-electron chi connectivity index (χ3n) is 6.23. The molecule has 8 heteroatoms. The van der Waals surface area contributed by atoms with Gasteiger partial charge in [-0.1, -0.05) is 60.2 Å². The summed E-state index contributed by atoms with van der Waals surface area (Å²) < 4.78 is 0. The van der Waals surface area contributed by atoms with Crippen molar-refractivity contribution in [2.45, 2.75) is 50.6 Å². The zero-order valence-electron chi connectivity index (χ0n) is 21.2. The largest absolute Gasteiger partial charge is 0.343 e. The maximum atomic E-state index is 13.2. The summed E-state index contributed by atoms with van der Waals surface area (Å²) in [6.45, 7) is 1.12. The molecule has 8 N–H and O–H groups in total. The Hall–Kier alpha value is -3.59. The number of para-hydroxylation sites is 1. The van der Waals surface area contributed by atoms with E-state index in [0.717, 1.165) is 29.3 Å². The molecule has 1 heterocycles. The summed E-state index contributed by atoms with van der Waals surface area (Å²) in [5.74, 6) is -0.654. The van der Waals surface area contributed by atoms with Gasteiger partial charge in [0.25, 0.3) is 0 Å². The van der Waals surface area contributed by atoms with Gasteiger partial charge in [0.05, 0.1) is 23.4 Å². The van der Waals surface area contributed by atoms with E-state index in [2.05, 4.69) is 21.7 Å². The number of benzene rings is 2. The molecule has 0 fully saturated rings. The van der Waals surface area contributed by atoms with Gasteiger partial charge >= 0.3 is 0 Å². The number of nitrogens with two attached hydrogens (primary N) is 3. The average molecular weight is 503 g/mol. The van der Waals surface area contributed by atoms with Crippen LogP contribution in [0.15, 0.2) is 78.5 Å². The number of carbonyl (C=O) groups is 2. The summed E-state index contributed by atoms with van der Waals surface area (Å²) in [5.41, 5.74) is 21.2. The first-order valence-electron chi connectivity index (χ1n) is 12.8. The number of hydrogen-bond acceptors (Lipinski definition) is 6. The highest BCUT2D eigenvalue weighted by Gasteiger charge is 2.24. The lowest BCUT2D eigenvalue weighted by Gasteiger charge is -2.21. The molecule has 0 radical (unpaired) electrons. The van der Waals surface area contributed by atoms with Gasteiger partial charge in [-0.05, 0) is 69.3 Å². The van der Waals surface area contributed by atoms with Gasteiger partial charge in [-0.15, -0.1) is 0 Å². The summed E-state index contributed by atoms with van der Waals surface area (Å²) in [5, 5.41) is 6.71. The third kappa shape index (κ3) is 9.09. The van der Waals surface area contributed by atoms with Crippen molar-refractivity contribution < 1.29 is 9.59 Å². The van der Waals surface area contributed by atoms with Crippen LogP contribution in [0.5, 0.6) is 0 Å². The van der Waals surface area contributed by atoms with Crippen molar-refractivity contribution in [1.29, 1.82) is 0 Å². The monoisotopic (exact) mass is 502 g/mol. The summed E-state index contributed by atoms with van der Waals surface area (Å²) in [6.07, 6.45) is 7.43. The molecule has 0 aliphatic carbocycles. The van der Waals surface area contributed by atoms with Crippen LogP contribution < -0.4 is 27.8 Å². The van der Waals surface area contributed by atoms with Crippen molar-refractivity contribution in [2.75, 3.05) is 18.4 Å². The minimum Gasteiger partial charge on any atom is -0.343 e. The molecule has 0 aliphatic heterocycles. The molecule has 1 aromatic heterocycles. The lowest BCUT2D eigenvalue weighted by molar-refractivity contribution is -0.127. The molecule has 8 nitrogen and oxygen atoms in total. The van der Waals surface area contributed by atoms with Gasteiger partial charge in [-0.25, -0.2) is 0 Å². The lowest BCUT2D eigenvalue weighted by atomic mass is 10.0. The number of nitrogens with one attached hydrogen (secondary N) is 2. The Morgan fingerprint density at radius 3 is 2.35 bits per heavy atom. The molecule has 0 spiro atoms. The first-order valence-corrected chi connectivity index (χ1v) is 12.8. The molecular weight excluding hydrogens is 464 g/mol. The van der Waals surface area contributed by atoms with Crippen LogP contribution in [-0.2, 0) is 16.0 Å². The highest BCUT2D eigenvalue weighted by molar-refractivity contribution is 5.98. The normalized spacial score (nSPS) is 12.5. The van der Waals surface area contributed by atoms with Crippen LogP contribution in [0.1, 0.15) is 37.7 Å². The predicted molar refractivity (Wildman–Crippen MR) is 150 cm³/mol. The fourth-order valence-electron chi connectivity index (χ4n) is 4.17. The number of fused-ring (bicyclic) bond motifs is 1. The van der Waals surface area contributed by atoms with Crippen LogP contribution in [0.25, 0.3) is 10.9 Å². The Morgan fingerprint density at radius 2 is 1.62 bits per heavy atom. The number of amides is 2. The highest BCUT2D eigenvalue weighted by atomic mass is 16.2. The van der Waals surface area contributed by atoms with E-state index in [9.17, 15) is 9.59 Å². The molecule has 37 heavy (non-hydrogen) atoms. The van der Waals surface area contributed by atoms with Gasteiger partial charge in [0.15, 0.2) is 0 Å². The van der Waals surface area contributed by atoms with Gasteiger partial charge in [0.2, 0.25) is 11.8 Å². The topological polar surface area (TPSA) is 149 Å².